The smallest absolute Gasteiger partial charge is 0.251 e. The largest absolute Gasteiger partial charge is 0.497 e. The number of nitrogens with zero attached hydrogens (tertiary/aromatic N) is 2. The second-order valence-corrected chi connectivity index (χ2v) is 11.1. The van der Waals surface area contributed by atoms with Gasteiger partial charge in [-0.05, 0) is 78.5 Å². The lowest BCUT2D eigenvalue weighted by Crippen LogP contribution is -2.54. The average molecular weight is 567 g/mol. The van der Waals surface area contributed by atoms with Crippen LogP contribution in [-0.2, 0) is 16.6 Å². The molecular formula is C30H35FN4O4S. The van der Waals surface area contributed by atoms with Crippen molar-refractivity contribution in [3.8, 4) is 5.75 Å². The molecule has 0 bridgehead atoms. The van der Waals surface area contributed by atoms with E-state index in [0.717, 1.165) is 28.5 Å². The van der Waals surface area contributed by atoms with E-state index in [-0.39, 0.29) is 29.5 Å². The van der Waals surface area contributed by atoms with Gasteiger partial charge in [0.25, 0.3) is 5.91 Å². The number of ether oxygens (including phenoxy) is 1. The van der Waals surface area contributed by atoms with Gasteiger partial charge in [0.2, 0.25) is 5.91 Å². The van der Waals surface area contributed by atoms with Crippen LogP contribution in [-0.4, -0.2) is 77.1 Å². The Hall–Kier alpha value is -3.34. The summed E-state index contributed by atoms with van der Waals surface area (Å²) in [6, 6.07) is 17.5. The second-order valence-electron chi connectivity index (χ2n) is 10.4. The van der Waals surface area contributed by atoms with Crippen LogP contribution >= 0.6 is 0 Å². The highest BCUT2D eigenvalue weighted by atomic mass is 32.2. The van der Waals surface area contributed by atoms with Crippen LogP contribution in [0.25, 0.3) is 10.8 Å². The molecule has 1 aliphatic carbocycles. The Morgan fingerprint density at radius 1 is 1.02 bits per heavy atom. The van der Waals surface area contributed by atoms with Crippen molar-refractivity contribution in [3.05, 3.63) is 77.6 Å². The molecule has 2 amide bonds. The average Bonchev–Trinajstić information content (AvgIpc) is 3.77. The number of methoxy groups -OCH3 is 1. The molecule has 3 aromatic carbocycles. The van der Waals surface area contributed by atoms with Gasteiger partial charge in [0.15, 0.2) is 0 Å². The molecular weight excluding hydrogens is 531 g/mol. The summed E-state index contributed by atoms with van der Waals surface area (Å²) < 4.78 is 31.5. The Morgan fingerprint density at radius 2 is 1.75 bits per heavy atom. The summed E-state index contributed by atoms with van der Waals surface area (Å²) in [5, 5.41) is 8.40. The van der Waals surface area contributed by atoms with Crippen LogP contribution in [0.5, 0.6) is 5.75 Å². The molecule has 0 aromatic heterocycles. The van der Waals surface area contributed by atoms with Crippen LogP contribution in [0.1, 0.15) is 41.1 Å². The maximum Gasteiger partial charge on any atom is 0.251 e. The van der Waals surface area contributed by atoms with Gasteiger partial charge in [0.1, 0.15) is 17.6 Å². The number of piperazine rings is 1. The van der Waals surface area contributed by atoms with Gasteiger partial charge in [-0.3, -0.25) is 9.59 Å². The zero-order valence-electron chi connectivity index (χ0n) is 22.5. The Labute approximate surface area is 237 Å². The maximum atomic E-state index is 13.5. The van der Waals surface area contributed by atoms with E-state index >= 15 is 0 Å². The first kappa shape index (κ1) is 28.2. The van der Waals surface area contributed by atoms with Crippen LogP contribution in [0.4, 0.5) is 4.39 Å². The van der Waals surface area contributed by atoms with Crippen LogP contribution in [0.3, 0.4) is 0 Å². The van der Waals surface area contributed by atoms with E-state index in [1.807, 2.05) is 42.5 Å². The summed E-state index contributed by atoms with van der Waals surface area (Å²) >= 11 is -0.0358. The van der Waals surface area contributed by atoms with Crippen molar-refractivity contribution in [1.29, 1.82) is 0 Å². The molecule has 1 saturated carbocycles. The first-order valence-electron chi connectivity index (χ1n) is 13.7. The van der Waals surface area contributed by atoms with E-state index in [2.05, 4.69) is 10.6 Å². The number of carbonyl (C=O) groups excluding carboxylic acids is 2. The van der Waals surface area contributed by atoms with Crippen LogP contribution in [0, 0.1) is 5.82 Å². The molecule has 212 valence electrons. The number of nitrogens with one attached hydrogen (secondary N) is 2. The van der Waals surface area contributed by atoms with Gasteiger partial charge in [-0.15, -0.1) is 0 Å². The van der Waals surface area contributed by atoms with E-state index in [1.165, 1.54) is 12.1 Å². The number of fused-ring (bicyclic) bond motifs is 1. The number of rotatable bonds is 11. The minimum Gasteiger partial charge on any atom is -0.497 e. The van der Waals surface area contributed by atoms with Gasteiger partial charge < -0.3 is 20.3 Å². The number of halogens is 1. The monoisotopic (exact) mass is 566 g/mol. The van der Waals surface area contributed by atoms with E-state index < -0.39 is 6.04 Å². The Kier molecular flexibility index (Phi) is 9.08. The van der Waals surface area contributed by atoms with Gasteiger partial charge in [-0.2, -0.15) is 0 Å². The molecule has 5 rings (SSSR count). The minimum absolute atomic E-state index is 0.0358. The quantitative estimate of drug-likeness (QED) is 0.245. The molecule has 10 heteroatoms. The van der Waals surface area contributed by atoms with Gasteiger partial charge in [-0.1, -0.05) is 24.3 Å². The predicted octanol–water partition coefficient (Wildman–Crippen LogP) is 3.02. The van der Waals surface area contributed by atoms with Crippen LogP contribution in [0.15, 0.2) is 60.7 Å². The van der Waals surface area contributed by atoms with Crippen molar-refractivity contribution in [2.45, 2.75) is 37.3 Å². The number of benzene rings is 3. The zero-order chi connectivity index (χ0) is 28.1. The molecule has 2 N–H and O–H groups in total. The lowest BCUT2D eigenvalue weighted by molar-refractivity contribution is -0.134. The molecule has 0 spiro atoms. The third-order valence-electron chi connectivity index (χ3n) is 7.76. The van der Waals surface area contributed by atoms with E-state index in [4.69, 9.17) is 4.74 Å². The molecule has 2 fully saturated rings. The minimum atomic E-state index is -0.663. The highest BCUT2D eigenvalue weighted by Gasteiger charge is 2.37. The van der Waals surface area contributed by atoms with E-state index in [0.29, 0.717) is 63.1 Å². The summed E-state index contributed by atoms with van der Waals surface area (Å²) in [6.45, 7) is 2.71. The first-order chi connectivity index (χ1) is 19.4. The molecule has 1 aliphatic heterocycles. The Bertz CT molecular complexity index is 1360. The topological polar surface area (TPSA) is 91.0 Å². The number of thiol groups is 1. The fourth-order valence-corrected chi connectivity index (χ4v) is 5.64. The third-order valence-corrected chi connectivity index (χ3v) is 8.39. The highest BCUT2D eigenvalue weighted by Crippen LogP contribution is 2.40. The van der Waals surface area contributed by atoms with Crippen LogP contribution in [0.2, 0.25) is 0 Å². The zero-order valence-corrected chi connectivity index (χ0v) is 23.4. The van der Waals surface area contributed by atoms with Crippen molar-refractivity contribution >= 4 is 34.4 Å². The molecule has 0 unspecified atom stereocenters. The van der Waals surface area contributed by atoms with Gasteiger partial charge in [0.05, 0.1) is 19.0 Å². The number of amides is 2. The van der Waals surface area contributed by atoms with Crippen molar-refractivity contribution in [1.82, 2.24) is 19.8 Å². The maximum absolute atomic E-state index is 13.5. The van der Waals surface area contributed by atoms with E-state index in [1.54, 1.807) is 22.4 Å². The normalized spacial score (nSPS) is 19.8. The fraction of sp³-hybridized carbons (Fsp3) is 0.400. The summed E-state index contributed by atoms with van der Waals surface area (Å²) in [4.78, 5) is 28.5. The standard InChI is InChI=1S/C30H35FN4O4S/c1-39-25-11-8-21-17-23(5-4-22(21)18-25)29(36)33-27(30(37)34-13-15-35(40-38)16-14-34)3-2-12-32-28-19-26(28)20-6-9-24(31)10-7-20/h4-11,17-18,26-28,32,40H,2-3,12-16,19H2,1H3,(H,33,36)/t26-,27-,28+/m0/s1. The molecule has 3 aromatic rings. The number of hydrogen-bond donors (Lipinski definition) is 3. The summed E-state index contributed by atoms with van der Waals surface area (Å²) in [5.74, 6) is 0.485. The SMILES string of the molecule is COc1ccc2cc(C(=O)N[C@@H](CCCN[C@@H]3C[C@H]3c3ccc(F)cc3)C(=O)N3CCN([SH]=O)CC3)ccc2c1. The predicted molar refractivity (Wildman–Crippen MR) is 154 cm³/mol. The molecule has 8 nitrogen and oxygen atoms in total. The molecule has 1 heterocycles. The lowest BCUT2D eigenvalue weighted by Gasteiger charge is -2.34. The second kappa shape index (κ2) is 12.9. The highest BCUT2D eigenvalue weighted by molar-refractivity contribution is 7.63. The lowest BCUT2D eigenvalue weighted by atomic mass is 10.0. The Morgan fingerprint density at radius 3 is 2.48 bits per heavy atom. The van der Waals surface area contributed by atoms with Crippen molar-refractivity contribution in [2.24, 2.45) is 0 Å². The summed E-state index contributed by atoms with van der Waals surface area (Å²) in [5.41, 5.74) is 1.62. The molecule has 3 atom stereocenters. The van der Waals surface area contributed by atoms with Crippen molar-refractivity contribution in [2.75, 3.05) is 39.8 Å². The number of carbonyl (C=O) groups is 2. The first-order valence-corrected chi connectivity index (χ1v) is 14.5. The third kappa shape index (κ3) is 6.86. The summed E-state index contributed by atoms with van der Waals surface area (Å²) in [7, 11) is 1.62. The van der Waals surface area contributed by atoms with Crippen molar-refractivity contribution in [3.63, 3.8) is 0 Å². The number of hydrogen-bond acceptors (Lipinski definition) is 5. The van der Waals surface area contributed by atoms with Gasteiger partial charge in [-0.25, -0.2) is 12.9 Å². The fourth-order valence-electron chi connectivity index (χ4n) is 5.30. The Balaban J connectivity index is 1.20. The summed E-state index contributed by atoms with van der Waals surface area (Å²) in [6.07, 6.45) is 2.21. The van der Waals surface area contributed by atoms with Crippen molar-refractivity contribution < 1.29 is 22.9 Å². The molecule has 2 aliphatic rings. The molecule has 40 heavy (non-hydrogen) atoms. The van der Waals surface area contributed by atoms with Gasteiger partial charge in [0, 0.05) is 43.7 Å². The molecule has 0 radical (unpaired) electrons. The van der Waals surface area contributed by atoms with Crippen LogP contribution < -0.4 is 15.4 Å². The van der Waals surface area contributed by atoms with E-state index in [9.17, 15) is 18.2 Å². The molecule has 1 saturated heterocycles. The van der Waals surface area contributed by atoms with Gasteiger partial charge >= 0.3 is 0 Å².